The third-order valence-electron chi connectivity index (χ3n) is 22.0. The summed E-state index contributed by atoms with van der Waals surface area (Å²) in [6.07, 6.45) is -4.42. The summed E-state index contributed by atoms with van der Waals surface area (Å²) >= 11 is 0. The number of benzene rings is 1. The van der Waals surface area contributed by atoms with Gasteiger partial charge in [0.05, 0.1) is 60.5 Å². The molecular formula is C89H120N22O29PZn2-5. The number of carboxylic acids is 3. The second-order valence-electron chi connectivity index (χ2n) is 34.0. The molecule has 0 bridgehead atoms. The third kappa shape index (κ3) is 44.3. The standard InChI is InChI=1S/C62H95N16O28P.C27H29N6O.2Zn/c1-28(2)23-39(62(101)102)74-54(93)38(25-45(65)84)73-51(90)33(15-19-47(86)87)68-46(85)26-67-56(95)41-7-5-21-77(41)60(99)35(14-18-44(64)83)70-53(92)37(24-31-9-11-32(12-10-31)106-107(103,104)105)72-52(91)34(13-17-43(63)82)69-57(96)42-8-6-22-78(42)61(100)36(16-20-48(88)89)71-59(98)50(30(4)81)76-55(94)40(27-79)75-58(97)49(66)29(3)80;34-27(21-32(17-23-9-1-5-13-28-23)18-24-10-2-6-14-29-24)22-33(19-25-11-3-7-15-30-25)20-26-12-4-8-16-31-26;;/h9-12,28-30,33-42,49-50,79-81H,5-8,13-27,66H2,1-4H3,(H2,63,82)(H2,64,83)(H2,65,84)(H,67,95)(H,68,85)(H,69,96)(H,70,92)(H,71,98)(H,72,91)(H,73,90)(H,74,93)(H,75,97)(H,76,94)(H,86,87)(H,88,89)(H,101,102)(H2,103,104,105);1-16,27H,17-22H2;;/q;-1;;/p-4. The van der Waals surface area contributed by atoms with Crippen molar-refractivity contribution in [1.82, 2.24) is 92.7 Å². The van der Waals surface area contributed by atoms with E-state index in [1.54, 1.807) is 38.6 Å². The monoisotopic (exact) mass is 2120 g/mol. The number of nitrogens with one attached hydrogen (secondary N) is 10. The number of pyridine rings is 4. The SMILES string of the molecule is CC(C)CC(NC(=O)C(CC(N)=O)NC(=O)C(CCC(=O)[O-])NC(=O)CNC(=O)C1CCCN1C(=O)C(CCC(N)=O)NC(=O)C(Cc1ccc(OP(=O)([O-])[O-])cc1)NC(=O)C(CCC(N)=O)NC(=O)C1CCCN1C(=O)C(CCC(=O)[O-])NC(=O)C(NC(=O)C(CO)NC(=O)C([NH3+])C(C)O)C(C)O)C(=O)[O-].[O-]C(CN(Cc1ccccn1)Cc1ccccn1)CN(Cc1ccccn1)Cc1ccccn1.[Zn].[Zn]. The fourth-order valence-electron chi connectivity index (χ4n) is 14.9. The summed E-state index contributed by atoms with van der Waals surface area (Å²) in [5.41, 5.74) is 23.4. The second kappa shape index (κ2) is 61.9. The van der Waals surface area contributed by atoms with Crippen LogP contribution < -0.4 is 111 Å². The van der Waals surface area contributed by atoms with Crippen LogP contribution in [0.3, 0.4) is 0 Å². The van der Waals surface area contributed by atoms with E-state index in [1.807, 2.05) is 72.8 Å². The third-order valence-corrected chi connectivity index (χ3v) is 22.4. The summed E-state index contributed by atoms with van der Waals surface area (Å²) in [6, 6.07) is 6.72. The van der Waals surface area contributed by atoms with Crippen LogP contribution in [0, 0.1) is 5.92 Å². The van der Waals surface area contributed by atoms with Crippen molar-refractivity contribution in [3.63, 3.8) is 0 Å². The van der Waals surface area contributed by atoms with E-state index < -0.39 is 288 Å². The first-order valence-corrected chi connectivity index (χ1v) is 46.5. The van der Waals surface area contributed by atoms with Gasteiger partial charge in [-0.05, 0) is 170 Å². The minimum absolute atomic E-state index is 0. The number of carboxylic acid groups (broad SMARTS) is 3. The molecule has 14 atom stereocenters. The number of likely N-dealkylation sites (tertiary alicyclic amines) is 2. The van der Waals surface area contributed by atoms with Gasteiger partial charge in [0.1, 0.15) is 80.1 Å². The van der Waals surface area contributed by atoms with Crippen molar-refractivity contribution < 1.29 is 186 Å². The number of carbonyl (C=O) groups excluding carboxylic acids is 18. The first kappa shape index (κ1) is 122. The zero-order valence-electron chi connectivity index (χ0n) is 79.3. The number of nitrogens with zero attached hydrogens (tertiary/aromatic N) is 8. The van der Waals surface area contributed by atoms with Gasteiger partial charge >= 0.3 is 0 Å². The Morgan fingerprint density at radius 3 is 1.28 bits per heavy atom. The summed E-state index contributed by atoms with van der Waals surface area (Å²) in [5.74, 6) is -23.3. The van der Waals surface area contributed by atoms with E-state index in [4.69, 9.17) is 17.2 Å². The Bertz CT molecular complexity index is 4940. The number of aliphatic hydroxyl groups is 3. The Balaban J connectivity index is 0.000000983. The molecule has 1 aromatic carbocycles. The molecule has 2 saturated heterocycles. The Hall–Kier alpha value is -12.8. The molecule has 2 aliphatic heterocycles. The number of nitrogens with two attached hydrogens (primary N) is 3. The smallest absolute Gasteiger partial charge is 0.281 e. The van der Waals surface area contributed by atoms with Gasteiger partial charge in [0.25, 0.3) is 5.91 Å². The molecule has 0 radical (unpaired) electrons. The average Bonchev–Trinajstić information content (AvgIpc) is 1.66. The predicted molar refractivity (Wildman–Crippen MR) is 478 cm³/mol. The van der Waals surface area contributed by atoms with Gasteiger partial charge in [0.2, 0.25) is 82.7 Å². The minimum Gasteiger partial charge on any atom is -0.850 e. The molecule has 4 aromatic heterocycles. The topological polar surface area (TPSA) is 823 Å². The summed E-state index contributed by atoms with van der Waals surface area (Å²) < 4.78 is 15.8. The fourth-order valence-corrected chi connectivity index (χ4v) is 15.3. The molecule has 51 nitrogen and oxygen atoms in total. The van der Waals surface area contributed by atoms with E-state index in [2.05, 4.69) is 93.2 Å². The molecule has 5 aromatic rings. The van der Waals surface area contributed by atoms with Crippen LogP contribution in [0.2, 0.25) is 0 Å². The van der Waals surface area contributed by atoms with Crippen LogP contribution in [0.25, 0.3) is 0 Å². The zero-order chi connectivity index (χ0) is 104. The number of primary amides is 3. The Morgan fingerprint density at radius 1 is 0.483 bits per heavy atom. The first-order valence-electron chi connectivity index (χ1n) is 45.0. The van der Waals surface area contributed by atoms with Crippen molar-refractivity contribution >= 4 is 114 Å². The van der Waals surface area contributed by atoms with E-state index in [0.29, 0.717) is 39.3 Å². The van der Waals surface area contributed by atoms with E-state index in [0.717, 1.165) is 63.8 Å². The summed E-state index contributed by atoms with van der Waals surface area (Å²) in [5, 5.41) is 101. The number of aromatic nitrogens is 4. The number of aliphatic carboxylic acids is 3. The van der Waals surface area contributed by atoms with Gasteiger partial charge in [-0.1, -0.05) is 50.2 Å². The maximum Gasteiger partial charge on any atom is 0.281 e. The molecule has 7 rings (SSSR count). The Morgan fingerprint density at radius 2 is 0.874 bits per heavy atom. The molecule has 15 amide bonds. The quantitative estimate of drug-likeness (QED) is 0.0127. The van der Waals surface area contributed by atoms with Crippen molar-refractivity contribution in [1.29, 1.82) is 0 Å². The molecule has 54 heteroatoms. The minimum atomic E-state index is -5.63. The Labute approximate surface area is 847 Å². The summed E-state index contributed by atoms with van der Waals surface area (Å²) in [4.78, 5) is 285. The molecule has 774 valence electrons. The largest absolute Gasteiger partial charge is 0.850 e. The van der Waals surface area contributed by atoms with Gasteiger partial charge < -0.3 is 155 Å². The van der Waals surface area contributed by atoms with Crippen LogP contribution in [-0.2, 0) is 162 Å². The number of hydrogen-bond acceptors (Lipinski definition) is 35. The maximum absolute atomic E-state index is 14.7. The van der Waals surface area contributed by atoms with Crippen molar-refractivity contribution in [2.24, 2.45) is 23.1 Å². The van der Waals surface area contributed by atoms with Gasteiger partial charge in [-0.25, -0.2) is 0 Å². The van der Waals surface area contributed by atoms with Crippen molar-refractivity contribution in [3.8, 4) is 5.75 Å². The predicted octanol–water partition coefficient (Wildman–Crippen LogP) is -12.8. The normalized spacial score (nSPS) is 15.8. The maximum atomic E-state index is 14.7. The number of rotatable bonds is 58. The first-order chi connectivity index (χ1) is 66.7. The molecule has 6 heterocycles. The van der Waals surface area contributed by atoms with Gasteiger partial charge in [0, 0.05) is 134 Å². The van der Waals surface area contributed by atoms with Crippen LogP contribution in [0.15, 0.2) is 122 Å². The van der Waals surface area contributed by atoms with E-state index in [-0.39, 0.29) is 95.6 Å². The summed E-state index contributed by atoms with van der Waals surface area (Å²) in [7, 11) is -5.63. The van der Waals surface area contributed by atoms with E-state index in [1.165, 1.54) is 6.92 Å². The molecule has 0 saturated carbocycles. The molecule has 0 aliphatic carbocycles. The van der Waals surface area contributed by atoms with Crippen LogP contribution in [0.5, 0.6) is 5.75 Å². The van der Waals surface area contributed by atoms with Crippen molar-refractivity contribution in [2.45, 2.75) is 241 Å². The van der Waals surface area contributed by atoms with Crippen molar-refractivity contribution in [3.05, 3.63) is 150 Å². The molecule has 2 aliphatic rings. The van der Waals surface area contributed by atoms with Gasteiger partial charge in [0.15, 0.2) is 6.04 Å². The summed E-state index contributed by atoms with van der Waals surface area (Å²) in [6.45, 7) is 6.06. The van der Waals surface area contributed by atoms with Crippen molar-refractivity contribution in [2.75, 3.05) is 39.3 Å². The number of amides is 15. The van der Waals surface area contributed by atoms with Crippen LogP contribution in [0.1, 0.15) is 146 Å². The molecule has 14 unspecified atom stereocenters. The molecule has 22 N–H and O–H groups in total. The number of phosphoric acid groups is 1. The number of aliphatic hydroxyl groups excluding tert-OH is 3. The zero-order valence-corrected chi connectivity index (χ0v) is 86.1. The van der Waals surface area contributed by atoms with Crippen LogP contribution >= 0.6 is 7.82 Å². The number of hydrogen-bond donors (Lipinski definition) is 17. The van der Waals surface area contributed by atoms with Gasteiger partial charge in [-0.3, -0.25) is 102 Å². The molecular weight excluding hydrogens is 2000 g/mol. The molecule has 143 heavy (non-hydrogen) atoms. The number of quaternary nitrogens is 1. The Kier molecular flexibility index (Phi) is 53.0. The average molecular weight is 2120 g/mol. The number of carbonyl (C=O) groups is 18. The van der Waals surface area contributed by atoms with Crippen LogP contribution in [-0.4, -0.2) is 292 Å². The molecule has 0 spiro atoms. The van der Waals surface area contributed by atoms with E-state index >= 15 is 0 Å². The fraction of sp³-hybridized carbons (Fsp3) is 0.506. The van der Waals surface area contributed by atoms with Gasteiger partial charge in [-0.15, -0.1) is 6.10 Å². The second-order valence-corrected chi connectivity index (χ2v) is 35.1. The number of phosphoric ester groups is 1. The van der Waals surface area contributed by atoms with E-state index in [9.17, 15) is 136 Å². The van der Waals surface area contributed by atoms with Gasteiger partial charge in [-0.2, -0.15) is 0 Å². The van der Waals surface area contributed by atoms with Crippen LogP contribution in [0.4, 0.5) is 0 Å². The molecule has 2 fully saturated rings.